The van der Waals surface area contributed by atoms with E-state index in [-0.39, 0.29) is 35.3 Å². The predicted molar refractivity (Wildman–Crippen MR) is 98.6 cm³/mol. The number of rotatable bonds is 5. The molecule has 0 radical (unpaired) electrons. The molecule has 2 N–H and O–H groups in total. The number of likely N-dealkylation sites (tertiary alicyclic amines) is 1. The van der Waals surface area contributed by atoms with Crippen molar-refractivity contribution in [2.45, 2.75) is 63.1 Å². The summed E-state index contributed by atoms with van der Waals surface area (Å²) in [4.78, 5) is 14.5. The van der Waals surface area contributed by atoms with Crippen LogP contribution in [-0.4, -0.2) is 50.3 Å². The van der Waals surface area contributed by atoms with Gasteiger partial charge in [0.2, 0.25) is 11.8 Å². The highest BCUT2D eigenvalue weighted by Gasteiger charge is 2.49. The molecule has 2 aromatic heterocycles. The molecule has 2 aromatic rings. The second kappa shape index (κ2) is 6.71. The van der Waals surface area contributed by atoms with Gasteiger partial charge in [-0.1, -0.05) is 5.10 Å². The number of amides is 1. The standard InChI is InChI=1S/C19H23F3N6O2/c1-10(16(29)28-6-4-18(2-3-18)5-7-28)24-17-27-26-15(30-17)12-8-11(12)14-13(9-23-25-14)19(20,21)22/h9-12H,2-8H2,1H3,(H,23,25)(H,24,27)/t10-,11-,12+/m0/s1. The molecule has 5 rings (SSSR count). The minimum Gasteiger partial charge on any atom is -0.408 e. The first-order chi connectivity index (χ1) is 14.3. The van der Waals surface area contributed by atoms with Crippen LogP contribution >= 0.6 is 0 Å². The monoisotopic (exact) mass is 424 g/mol. The summed E-state index contributed by atoms with van der Waals surface area (Å²) in [5, 5.41) is 16.8. The molecule has 1 saturated heterocycles. The zero-order valence-corrected chi connectivity index (χ0v) is 16.5. The Kier molecular flexibility index (Phi) is 4.33. The summed E-state index contributed by atoms with van der Waals surface area (Å²) in [7, 11) is 0. The smallest absolute Gasteiger partial charge is 0.408 e. The van der Waals surface area contributed by atoms with E-state index in [1.165, 1.54) is 12.8 Å². The number of aromatic nitrogens is 4. The molecule has 3 aliphatic rings. The van der Waals surface area contributed by atoms with Crippen LogP contribution in [0.5, 0.6) is 0 Å². The van der Waals surface area contributed by atoms with Crippen LogP contribution in [-0.2, 0) is 11.0 Å². The van der Waals surface area contributed by atoms with E-state index in [1.54, 1.807) is 6.92 Å². The van der Waals surface area contributed by atoms with Crippen molar-refractivity contribution in [3.63, 3.8) is 0 Å². The van der Waals surface area contributed by atoms with Crippen LogP contribution in [0.2, 0.25) is 0 Å². The van der Waals surface area contributed by atoms with Gasteiger partial charge in [-0.15, -0.1) is 5.10 Å². The molecule has 1 amide bonds. The molecule has 1 aliphatic heterocycles. The maximum atomic E-state index is 13.1. The SMILES string of the molecule is C[C@H](Nc1nnc([C@@H]2C[C@@H]2c2[nH]ncc2C(F)(F)F)o1)C(=O)N1CCC2(CC1)CC2. The van der Waals surface area contributed by atoms with Gasteiger partial charge in [-0.25, -0.2) is 0 Å². The van der Waals surface area contributed by atoms with Gasteiger partial charge in [0, 0.05) is 24.9 Å². The number of hydrogen-bond donors (Lipinski definition) is 2. The number of aromatic amines is 1. The zero-order valence-electron chi connectivity index (χ0n) is 16.5. The molecule has 0 bridgehead atoms. The van der Waals surface area contributed by atoms with E-state index >= 15 is 0 Å². The first kappa shape index (κ1) is 19.4. The van der Waals surface area contributed by atoms with Gasteiger partial charge in [0.25, 0.3) is 0 Å². The minimum atomic E-state index is -4.46. The Balaban J connectivity index is 1.18. The number of piperidine rings is 1. The molecule has 2 saturated carbocycles. The summed E-state index contributed by atoms with van der Waals surface area (Å²) in [5.74, 6) is -0.433. The maximum Gasteiger partial charge on any atom is 0.419 e. The van der Waals surface area contributed by atoms with Gasteiger partial charge in [0.1, 0.15) is 6.04 Å². The molecule has 3 atom stereocenters. The topological polar surface area (TPSA) is 99.9 Å². The third-order valence-corrected chi connectivity index (χ3v) is 6.70. The Hall–Kier alpha value is -2.59. The maximum absolute atomic E-state index is 13.1. The van der Waals surface area contributed by atoms with E-state index in [2.05, 4.69) is 25.7 Å². The van der Waals surface area contributed by atoms with Gasteiger partial charge in [-0.05, 0) is 44.4 Å². The number of alkyl halides is 3. The molecule has 162 valence electrons. The first-order valence-corrected chi connectivity index (χ1v) is 10.2. The van der Waals surface area contributed by atoms with Crippen LogP contribution in [0, 0.1) is 5.41 Å². The molecule has 3 fully saturated rings. The minimum absolute atomic E-state index is 0.0122. The molecule has 3 heterocycles. The van der Waals surface area contributed by atoms with Crippen molar-refractivity contribution in [3.05, 3.63) is 23.3 Å². The summed E-state index contributed by atoms with van der Waals surface area (Å²) in [5.41, 5.74) is -0.222. The third-order valence-electron chi connectivity index (χ3n) is 6.70. The van der Waals surface area contributed by atoms with Crippen LogP contribution < -0.4 is 5.32 Å². The lowest BCUT2D eigenvalue weighted by Crippen LogP contribution is -2.45. The van der Waals surface area contributed by atoms with Crippen molar-refractivity contribution in [2.75, 3.05) is 18.4 Å². The second-order valence-corrected chi connectivity index (χ2v) is 8.78. The fourth-order valence-electron chi connectivity index (χ4n) is 4.43. The number of nitrogens with one attached hydrogen (secondary N) is 2. The Morgan fingerprint density at radius 3 is 2.67 bits per heavy atom. The molecule has 2 aliphatic carbocycles. The summed E-state index contributed by atoms with van der Waals surface area (Å²) < 4.78 is 44.8. The number of hydrogen-bond acceptors (Lipinski definition) is 6. The average molecular weight is 424 g/mol. The van der Waals surface area contributed by atoms with Crippen LogP contribution in [0.25, 0.3) is 0 Å². The molecule has 0 aromatic carbocycles. The molecule has 8 nitrogen and oxygen atoms in total. The van der Waals surface area contributed by atoms with Crippen molar-refractivity contribution >= 4 is 11.9 Å². The summed E-state index contributed by atoms with van der Waals surface area (Å²) in [6, 6.07) is -0.418. The lowest BCUT2D eigenvalue weighted by atomic mass is 9.93. The average Bonchev–Trinajstić information content (AvgIpc) is 3.54. The van der Waals surface area contributed by atoms with Gasteiger partial charge in [0.15, 0.2) is 0 Å². The molecule has 0 unspecified atom stereocenters. The van der Waals surface area contributed by atoms with Gasteiger partial charge < -0.3 is 14.6 Å². The lowest BCUT2D eigenvalue weighted by molar-refractivity contribution is -0.138. The zero-order chi connectivity index (χ0) is 21.1. The molecular weight excluding hydrogens is 401 g/mol. The Labute approximate surface area is 170 Å². The largest absolute Gasteiger partial charge is 0.419 e. The van der Waals surface area contributed by atoms with Crippen LogP contribution in [0.4, 0.5) is 19.2 Å². The Bertz CT molecular complexity index is 940. The van der Waals surface area contributed by atoms with E-state index in [1.807, 2.05) is 4.90 Å². The van der Waals surface area contributed by atoms with Crippen molar-refractivity contribution in [3.8, 4) is 0 Å². The highest BCUT2D eigenvalue weighted by Crippen LogP contribution is 2.56. The van der Waals surface area contributed by atoms with E-state index in [9.17, 15) is 18.0 Å². The highest BCUT2D eigenvalue weighted by molar-refractivity contribution is 5.83. The highest BCUT2D eigenvalue weighted by atomic mass is 19.4. The second-order valence-electron chi connectivity index (χ2n) is 8.78. The quantitative estimate of drug-likeness (QED) is 0.764. The van der Waals surface area contributed by atoms with E-state index in [0.29, 0.717) is 11.8 Å². The van der Waals surface area contributed by atoms with E-state index < -0.39 is 17.8 Å². The van der Waals surface area contributed by atoms with Gasteiger partial charge >= 0.3 is 12.2 Å². The molecular formula is C19H23F3N6O2. The summed E-state index contributed by atoms with van der Waals surface area (Å²) >= 11 is 0. The fourth-order valence-corrected chi connectivity index (χ4v) is 4.43. The van der Waals surface area contributed by atoms with Gasteiger partial charge in [-0.2, -0.15) is 18.3 Å². The predicted octanol–water partition coefficient (Wildman–Crippen LogP) is 3.29. The number of halogens is 3. The normalized spacial score (nSPS) is 25.9. The van der Waals surface area contributed by atoms with Crippen LogP contribution in [0.15, 0.2) is 10.6 Å². The number of nitrogens with zero attached hydrogens (tertiary/aromatic N) is 4. The summed E-state index contributed by atoms with van der Waals surface area (Å²) in [6.07, 6.45) is 1.48. The van der Waals surface area contributed by atoms with Gasteiger partial charge in [-0.3, -0.25) is 9.89 Å². The number of carbonyl (C=O) groups is 1. The van der Waals surface area contributed by atoms with Crippen molar-refractivity contribution in [1.29, 1.82) is 0 Å². The lowest BCUT2D eigenvalue weighted by Gasteiger charge is -2.33. The Morgan fingerprint density at radius 2 is 2.00 bits per heavy atom. The first-order valence-electron chi connectivity index (χ1n) is 10.2. The van der Waals surface area contributed by atoms with Crippen molar-refractivity contribution in [2.24, 2.45) is 5.41 Å². The van der Waals surface area contributed by atoms with Crippen molar-refractivity contribution < 1.29 is 22.4 Å². The number of H-pyrrole nitrogens is 1. The Morgan fingerprint density at radius 1 is 1.27 bits per heavy atom. The number of carbonyl (C=O) groups excluding carboxylic acids is 1. The van der Waals surface area contributed by atoms with Gasteiger partial charge in [0.05, 0.1) is 17.5 Å². The third kappa shape index (κ3) is 3.54. The summed E-state index contributed by atoms with van der Waals surface area (Å²) in [6.45, 7) is 3.29. The molecule has 30 heavy (non-hydrogen) atoms. The van der Waals surface area contributed by atoms with Crippen LogP contribution in [0.1, 0.15) is 68.0 Å². The van der Waals surface area contributed by atoms with E-state index in [0.717, 1.165) is 32.1 Å². The molecule has 11 heteroatoms. The number of anilines is 1. The van der Waals surface area contributed by atoms with E-state index in [4.69, 9.17) is 4.42 Å². The van der Waals surface area contributed by atoms with Crippen molar-refractivity contribution in [1.82, 2.24) is 25.3 Å². The molecule has 1 spiro atoms. The van der Waals surface area contributed by atoms with Crippen LogP contribution in [0.3, 0.4) is 0 Å². The fraction of sp³-hybridized carbons (Fsp3) is 0.684.